The minimum absolute atomic E-state index is 0.639. The quantitative estimate of drug-likeness (QED) is 0.929. The van der Waals surface area contributed by atoms with Crippen molar-refractivity contribution >= 4 is 29.5 Å². The number of para-hydroxylation sites is 1. The van der Waals surface area contributed by atoms with Crippen LogP contribution in [0.3, 0.4) is 0 Å². The lowest BCUT2D eigenvalue weighted by Crippen LogP contribution is -2.24. The number of rotatable bonds is 4. The van der Waals surface area contributed by atoms with E-state index in [0.29, 0.717) is 11.2 Å². The maximum absolute atomic E-state index is 4.05. The molecule has 5 nitrogen and oxygen atoms in total. The van der Waals surface area contributed by atoms with E-state index in [9.17, 15) is 0 Å². The first-order valence-corrected chi connectivity index (χ1v) is 8.41. The molecule has 1 aromatic heterocycles. The normalized spacial score (nSPS) is 19.3. The van der Waals surface area contributed by atoms with Crippen molar-refractivity contribution in [3.63, 3.8) is 0 Å². The van der Waals surface area contributed by atoms with Gasteiger partial charge in [-0.15, -0.1) is 0 Å². The summed E-state index contributed by atoms with van der Waals surface area (Å²) in [7, 11) is 0. The summed E-state index contributed by atoms with van der Waals surface area (Å²) in [6.07, 6.45) is 0. The molecule has 1 aliphatic rings. The molecule has 2 heterocycles. The van der Waals surface area contributed by atoms with Crippen LogP contribution in [0.15, 0.2) is 30.3 Å². The van der Waals surface area contributed by atoms with Gasteiger partial charge in [0.2, 0.25) is 5.95 Å². The first-order valence-electron chi connectivity index (χ1n) is 6.20. The van der Waals surface area contributed by atoms with Crippen LogP contribution in [0.2, 0.25) is 0 Å². The number of nitrogens with zero attached hydrogens (tertiary/aromatic N) is 4. The fourth-order valence-corrected chi connectivity index (χ4v) is 4.51. The summed E-state index contributed by atoms with van der Waals surface area (Å²) >= 11 is 4.05. The summed E-state index contributed by atoms with van der Waals surface area (Å²) in [5, 5.41) is 15.8. The van der Waals surface area contributed by atoms with Crippen molar-refractivity contribution in [3.8, 4) is 5.69 Å². The number of hydrogen-bond donors (Lipinski definition) is 1. The molecular weight excluding hydrogens is 278 g/mol. The third kappa shape index (κ3) is 3.22. The Labute approximate surface area is 120 Å². The average Bonchev–Trinajstić information content (AvgIpc) is 2.95. The minimum atomic E-state index is 0.639. The lowest BCUT2D eigenvalue weighted by molar-refractivity contribution is 0.788. The Hall–Kier alpha value is -1.21. The molecule has 3 rings (SSSR count). The van der Waals surface area contributed by atoms with Crippen LogP contribution in [0.1, 0.15) is 0 Å². The molecule has 1 saturated heterocycles. The second kappa shape index (κ2) is 6.29. The van der Waals surface area contributed by atoms with Crippen molar-refractivity contribution in [2.75, 3.05) is 29.1 Å². The molecule has 1 N–H and O–H groups in total. The maximum Gasteiger partial charge on any atom is 0.247 e. The molecule has 0 spiro atoms. The SMILES string of the molecule is c1ccc(-n2nnnc2NCC2CSCCS2)cc1. The molecule has 0 bridgehead atoms. The molecule has 2 aromatic rings. The summed E-state index contributed by atoms with van der Waals surface area (Å²) in [5.74, 6) is 4.41. The lowest BCUT2D eigenvalue weighted by Gasteiger charge is -2.21. The largest absolute Gasteiger partial charge is 0.352 e. The number of tetrazole rings is 1. The Morgan fingerprint density at radius 1 is 1.26 bits per heavy atom. The van der Waals surface area contributed by atoms with E-state index in [1.807, 2.05) is 53.9 Å². The van der Waals surface area contributed by atoms with E-state index in [4.69, 9.17) is 0 Å². The predicted molar refractivity (Wildman–Crippen MR) is 81.2 cm³/mol. The van der Waals surface area contributed by atoms with Gasteiger partial charge in [-0.3, -0.25) is 0 Å². The summed E-state index contributed by atoms with van der Waals surface area (Å²) in [6, 6.07) is 9.93. The molecule has 100 valence electrons. The highest BCUT2D eigenvalue weighted by molar-refractivity contribution is 8.06. The average molecular weight is 293 g/mol. The summed E-state index contributed by atoms with van der Waals surface area (Å²) in [5.41, 5.74) is 0.973. The van der Waals surface area contributed by atoms with Gasteiger partial charge in [-0.25, -0.2) is 0 Å². The zero-order valence-electron chi connectivity index (χ0n) is 10.4. The Bertz CT molecular complexity index is 510. The van der Waals surface area contributed by atoms with Gasteiger partial charge in [0.1, 0.15) is 0 Å². The second-order valence-corrected chi connectivity index (χ2v) is 6.76. The highest BCUT2D eigenvalue weighted by atomic mass is 32.2. The van der Waals surface area contributed by atoms with Gasteiger partial charge in [-0.05, 0) is 22.6 Å². The lowest BCUT2D eigenvalue weighted by atomic mass is 10.3. The van der Waals surface area contributed by atoms with Crippen molar-refractivity contribution in [1.82, 2.24) is 20.2 Å². The van der Waals surface area contributed by atoms with Crippen molar-refractivity contribution < 1.29 is 0 Å². The van der Waals surface area contributed by atoms with Crippen LogP contribution in [0.4, 0.5) is 5.95 Å². The van der Waals surface area contributed by atoms with Gasteiger partial charge in [0.25, 0.3) is 0 Å². The van der Waals surface area contributed by atoms with Crippen molar-refractivity contribution in [2.45, 2.75) is 5.25 Å². The highest BCUT2D eigenvalue weighted by Gasteiger charge is 2.15. The molecule has 1 unspecified atom stereocenters. The molecule has 0 saturated carbocycles. The van der Waals surface area contributed by atoms with Crippen LogP contribution in [0, 0.1) is 0 Å². The summed E-state index contributed by atoms with van der Waals surface area (Å²) < 4.78 is 1.74. The van der Waals surface area contributed by atoms with Gasteiger partial charge in [-0.1, -0.05) is 23.3 Å². The first kappa shape index (κ1) is 12.8. The van der Waals surface area contributed by atoms with Gasteiger partial charge in [0, 0.05) is 29.1 Å². The molecule has 19 heavy (non-hydrogen) atoms. The summed E-state index contributed by atoms with van der Waals surface area (Å²) in [6.45, 7) is 0.908. The Kier molecular flexibility index (Phi) is 4.24. The Balaban J connectivity index is 1.67. The topological polar surface area (TPSA) is 55.6 Å². The predicted octanol–water partition coefficient (Wildman–Crippen LogP) is 1.92. The van der Waals surface area contributed by atoms with Crippen LogP contribution < -0.4 is 5.32 Å². The van der Waals surface area contributed by atoms with Gasteiger partial charge in [0.15, 0.2) is 0 Å². The summed E-state index contributed by atoms with van der Waals surface area (Å²) in [4.78, 5) is 0. The van der Waals surface area contributed by atoms with E-state index in [-0.39, 0.29) is 0 Å². The third-order valence-electron chi connectivity index (χ3n) is 2.84. The third-order valence-corrected chi connectivity index (χ3v) is 5.69. The zero-order valence-corrected chi connectivity index (χ0v) is 12.0. The molecule has 1 aliphatic heterocycles. The van der Waals surface area contributed by atoms with E-state index in [1.165, 1.54) is 17.3 Å². The van der Waals surface area contributed by atoms with Gasteiger partial charge >= 0.3 is 0 Å². The molecule has 1 fully saturated rings. The molecule has 0 radical (unpaired) electrons. The Morgan fingerprint density at radius 3 is 2.95 bits per heavy atom. The van der Waals surface area contributed by atoms with Crippen LogP contribution in [-0.4, -0.2) is 49.3 Å². The molecular formula is C12H15N5S2. The first-order chi connectivity index (χ1) is 9.43. The standard InChI is InChI=1S/C12H15N5S2/c1-2-4-10(5-3-1)17-12(14-15-16-17)13-8-11-9-18-6-7-19-11/h1-5,11H,6-9H2,(H,13,14,16). The van der Waals surface area contributed by atoms with E-state index < -0.39 is 0 Å². The molecule has 1 aromatic carbocycles. The van der Waals surface area contributed by atoms with Crippen LogP contribution >= 0.6 is 23.5 Å². The van der Waals surface area contributed by atoms with Crippen molar-refractivity contribution in [2.24, 2.45) is 0 Å². The zero-order chi connectivity index (χ0) is 12.9. The number of thioether (sulfide) groups is 2. The second-order valence-electron chi connectivity index (χ2n) is 4.20. The highest BCUT2D eigenvalue weighted by Crippen LogP contribution is 2.24. The fourth-order valence-electron chi connectivity index (χ4n) is 1.90. The number of aromatic nitrogens is 4. The Morgan fingerprint density at radius 2 is 2.16 bits per heavy atom. The van der Waals surface area contributed by atoms with Crippen molar-refractivity contribution in [3.05, 3.63) is 30.3 Å². The van der Waals surface area contributed by atoms with Crippen molar-refractivity contribution in [1.29, 1.82) is 0 Å². The van der Waals surface area contributed by atoms with E-state index in [2.05, 4.69) is 20.8 Å². The van der Waals surface area contributed by atoms with E-state index in [0.717, 1.165) is 12.2 Å². The van der Waals surface area contributed by atoms with Crippen LogP contribution in [-0.2, 0) is 0 Å². The number of anilines is 1. The van der Waals surface area contributed by atoms with Crippen LogP contribution in [0.5, 0.6) is 0 Å². The molecule has 7 heteroatoms. The fraction of sp³-hybridized carbons (Fsp3) is 0.417. The maximum atomic E-state index is 4.05. The van der Waals surface area contributed by atoms with E-state index >= 15 is 0 Å². The number of hydrogen-bond acceptors (Lipinski definition) is 6. The van der Waals surface area contributed by atoms with Crippen LogP contribution in [0.25, 0.3) is 5.69 Å². The minimum Gasteiger partial charge on any atom is -0.352 e. The smallest absolute Gasteiger partial charge is 0.247 e. The van der Waals surface area contributed by atoms with Gasteiger partial charge in [0.05, 0.1) is 5.69 Å². The van der Waals surface area contributed by atoms with Gasteiger partial charge < -0.3 is 5.32 Å². The number of nitrogens with one attached hydrogen (secondary N) is 1. The number of benzene rings is 1. The molecule has 0 amide bonds. The van der Waals surface area contributed by atoms with E-state index in [1.54, 1.807) is 4.68 Å². The molecule has 1 atom stereocenters. The van der Waals surface area contributed by atoms with Gasteiger partial charge in [-0.2, -0.15) is 28.2 Å². The monoisotopic (exact) mass is 293 g/mol. The molecule has 0 aliphatic carbocycles.